The molecule has 0 radical (unpaired) electrons. The van der Waals surface area contributed by atoms with Crippen molar-refractivity contribution in [1.29, 1.82) is 0 Å². The number of hydrogen-bond acceptors (Lipinski definition) is 6. The Labute approximate surface area is 465 Å². The van der Waals surface area contributed by atoms with Crippen LogP contribution in [-0.2, 0) is 28.6 Å². The highest BCUT2D eigenvalue weighted by molar-refractivity contribution is 5.71. The SMILES string of the molecule is CC/C=C\C/C=C\C/C=C\C/C=C\C/C=C\C/C=C\CCCCCCCCCCCCCCC(=O)OCC(COC(=O)CCCCCCC)OC(=O)CCCCCCCCCCC/C=C\CCCCCCCCCC. The number of carbonyl (C=O) groups excluding carboxylic acids is 3. The summed E-state index contributed by atoms with van der Waals surface area (Å²) < 4.78 is 16.8. The van der Waals surface area contributed by atoms with Gasteiger partial charge in [0.05, 0.1) is 0 Å². The predicted molar refractivity (Wildman–Crippen MR) is 325 cm³/mol. The van der Waals surface area contributed by atoms with Gasteiger partial charge in [-0.15, -0.1) is 0 Å². The molecule has 0 rings (SSSR count). The number of esters is 3. The van der Waals surface area contributed by atoms with E-state index in [0.717, 1.165) is 103 Å². The van der Waals surface area contributed by atoms with Crippen molar-refractivity contribution in [2.24, 2.45) is 0 Å². The van der Waals surface area contributed by atoms with E-state index in [2.05, 4.69) is 106 Å². The molecule has 0 N–H and O–H groups in total. The van der Waals surface area contributed by atoms with Crippen LogP contribution in [0.2, 0.25) is 0 Å². The zero-order chi connectivity index (χ0) is 54.3. The van der Waals surface area contributed by atoms with E-state index in [4.69, 9.17) is 14.2 Å². The third-order valence-electron chi connectivity index (χ3n) is 13.9. The van der Waals surface area contributed by atoms with Crippen LogP contribution in [0.5, 0.6) is 0 Å². The first-order chi connectivity index (χ1) is 37.0. The van der Waals surface area contributed by atoms with Crippen LogP contribution in [0.3, 0.4) is 0 Å². The molecule has 0 amide bonds. The van der Waals surface area contributed by atoms with Crippen LogP contribution >= 0.6 is 0 Å². The maximum Gasteiger partial charge on any atom is 0.306 e. The summed E-state index contributed by atoms with van der Waals surface area (Å²) in [7, 11) is 0. The molecule has 0 aliphatic carbocycles. The van der Waals surface area contributed by atoms with Crippen molar-refractivity contribution >= 4 is 17.9 Å². The zero-order valence-corrected chi connectivity index (χ0v) is 49.6. The smallest absolute Gasteiger partial charge is 0.306 e. The summed E-state index contributed by atoms with van der Waals surface area (Å²) >= 11 is 0. The normalized spacial score (nSPS) is 12.6. The lowest BCUT2D eigenvalue weighted by atomic mass is 10.0. The molecule has 0 aliphatic heterocycles. The first-order valence-electron chi connectivity index (χ1n) is 32.1. The number of carbonyl (C=O) groups is 3. The zero-order valence-electron chi connectivity index (χ0n) is 49.6. The minimum Gasteiger partial charge on any atom is -0.462 e. The van der Waals surface area contributed by atoms with E-state index in [0.29, 0.717) is 19.3 Å². The molecule has 0 aromatic rings. The third kappa shape index (κ3) is 61.3. The second kappa shape index (κ2) is 63.1. The molecule has 0 fully saturated rings. The van der Waals surface area contributed by atoms with Crippen molar-refractivity contribution in [3.63, 3.8) is 0 Å². The molecular weight excluding hydrogens is 925 g/mol. The Hall–Kier alpha value is -3.41. The maximum atomic E-state index is 12.8. The Morgan fingerprint density at radius 2 is 0.520 bits per heavy atom. The van der Waals surface area contributed by atoms with Crippen LogP contribution in [-0.4, -0.2) is 37.2 Å². The molecule has 0 aliphatic rings. The Bertz CT molecular complexity index is 1430. The summed E-state index contributed by atoms with van der Waals surface area (Å²) in [6, 6.07) is 0. The number of ether oxygens (including phenoxy) is 3. The van der Waals surface area contributed by atoms with Gasteiger partial charge in [-0.3, -0.25) is 14.4 Å². The summed E-state index contributed by atoms with van der Waals surface area (Å²) in [5, 5.41) is 0. The van der Waals surface area contributed by atoms with Gasteiger partial charge in [0, 0.05) is 19.3 Å². The highest BCUT2D eigenvalue weighted by atomic mass is 16.6. The van der Waals surface area contributed by atoms with Gasteiger partial charge in [-0.05, 0) is 96.3 Å². The standard InChI is InChI=1S/C69H120O6/c1-4-7-10-13-15-17-19-21-23-25-27-29-30-31-32-33-34-35-36-37-38-40-41-43-45-47-49-51-53-56-59-62-68(71)74-65-66(64-73-67(70)61-58-55-12-9-6-3)75-69(72)63-60-57-54-52-50-48-46-44-42-39-28-26-24-22-20-18-16-14-11-8-5-2/h7,10,15,17,21,23,26-29,31-32,34-35,66H,4-6,8-9,11-14,16,18-20,22,24-25,30,33,36-65H2,1-3H3/b10-7-,17-15-,23-21-,28-26-,29-27-,32-31-,35-34-. The topological polar surface area (TPSA) is 78.9 Å². The molecule has 75 heavy (non-hydrogen) atoms. The lowest BCUT2D eigenvalue weighted by molar-refractivity contribution is -0.167. The lowest BCUT2D eigenvalue weighted by Crippen LogP contribution is -2.30. The summed E-state index contributed by atoms with van der Waals surface area (Å²) in [4.78, 5) is 37.9. The van der Waals surface area contributed by atoms with Gasteiger partial charge < -0.3 is 14.2 Å². The van der Waals surface area contributed by atoms with Gasteiger partial charge >= 0.3 is 17.9 Å². The summed E-state index contributed by atoms with van der Waals surface area (Å²) in [6.07, 6.45) is 83.6. The summed E-state index contributed by atoms with van der Waals surface area (Å²) in [6.45, 7) is 6.47. The predicted octanol–water partition coefficient (Wildman–Crippen LogP) is 21.9. The fourth-order valence-corrected chi connectivity index (χ4v) is 9.09. The minimum absolute atomic E-state index is 0.0759. The fraction of sp³-hybridized carbons (Fsp3) is 0.754. The van der Waals surface area contributed by atoms with Crippen LogP contribution in [0.1, 0.15) is 316 Å². The molecule has 1 unspecified atom stereocenters. The van der Waals surface area contributed by atoms with Gasteiger partial charge in [0.15, 0.2) is 6.10 Å². The number of hydrogen-bond donors (Lipinski definition) is 0. The average Bonchev–Trinajstić information content (AvgIpc) is 3.41. The Morgan fingerprint density at radius 1 is 0.280 bits per heavy atom. The molecule has 0 spiro atoms. The van der Waals surface area contributed by atoms with E-state index in [1.807, 2.05) is 0 Å². The van der Waals surface area contributed by atoms with Crippen LogP contribution in [0, 0.1) is 0 Å². The first kappa shape index (κ1) is 71.6. The van der Waals surface area contributed by atoms with Crippen LogP contribution in [0.15, 0.2) is 85.1 Å². The number of allylic oxidation sites excluding steroid dienone is 14. The first-order valence-corrected chi connectivity index (χ1v) is 32.1. The highest BCUT2D eigenvalue weighted by Crippen LogP contribution is 2.16. The fourth-order valence-electron chi connectivity index (χ4n) is 9.09. The van der Waals surface area contributed by atoms with Gasteiger partial charge in [-0.1, -0.05) is 286 Å². The van der Waals surface area contributed by atoms with Crippen LogP contribution in [0.4, 0.5) is 0 Å². The van der Waals surface area contributed by atoms with E-state index >= 15 is 0 Å². The number of unbranched alkanes of at least 4 members (excludes halogenated alkanes) is 33. The van der Waals surface area contributed by atoms with Gasteiger partial charge in [-0.25, -0.2) is 0 Å². The average molecular weight is 1050 g/mol. The van der Waals surface area contributed by atoms with E-state index < -0.39 is 6.10 Å². The van der Waals surface area contributed by atoms with Gasteiger partial charge in [-0.2, -0.15) is 0 Å². The maximum absolute atomic E-state index is 12.8. The molecule has 0 bridgehead atoms. The quantitative estimate of drug-likeness (QED) is 0.0261. The lowest BCUT2D eigenvalue weighted by Gasteiger charge is -2.18. The molecule has 6 nitrogen and oxygen atoms in total. The van der Waals surface area contributed by atoms with Crippen molar-refractivity contribution in [3.8, 4) is 0 Å². The third-order valence-corrected chi connectivity index (χ3v) is 13.9. The second-order valence-electron chi connectivity index (χ2n) is 21.3. The van der Waals surface area contributed by atoms with Crippen molar-refractivity contribution in [3.05, 3.63) is 85.1 Å². The molecular formula is C69H120O6. The Balaban J connectivity index is 4.02. The van der Waals surface area contributed by atoms with Crippen molar-refractivity contribution in [2.75, 3.05) is 13.2 Å². The van der Waals surface area contributed by atoms with E-state index in [9.17, 15) is 14.4 Å². The Morgan fingerprint density at radius 3 is 0.827 bits per heavy atom. The molecule has 0 aromatic carbocycles. The number of rotatable bonds is 58. The largest absolute Gasteiger partial charge is 0.462 e. The molecule has 1 atom stereocenters. The van der Waals surface area contributed by atoms with Crippen LogP contribution in [0.25, 0.3) is 0 Å². The molecule has 0 aromatic heterocycles. The van der Waals surface area contributed by atoms with Gasteiger partial charge in [0.25, 0.3) is 0 Å². The molecule has 0 heterocycles. The van der Waals surface area contributed by atoms with Gasteiger partial charge in [0.2, 0.25) is 0 Å². The van der Waals surface area contributed by atoms with Crippen LogP contribution < -0.4 is 0 Å². The molecule has 0 saturated heterocycles. The van der Waals surface area contributed by atoms with Crippen molar-refractivity contribution in [2.45, 2.75) is 322 Å². The molecule has 6 heteroatoms. The minimum atomic E-state index is -0.774. The van der Waals surface area contributed by atoms with E-state index in [1.54, 1.807) is 0 Å². The summed E-state index contributed by atoms with van der Waals surface area (Å²) in [5.41, 5.74) is 0. The van der Waals surface area contributed by atoms with E-state index in [1.165, 1.54) is 173 Å². The van der Waals surface area contributed by atoms with Crippen molar-refractivity contribution in [1.82, 2.24) is 0 Å². The molecule has 0 saturated carbocycles. The molecule has 432 valence electrons. The highest BCUT2D eigenvalue weighted by Gasteiger charge is 2.19. The Kier molecular flexibility index (Phi) is 60.3. The van der Waals surface area contributed by atoms with Gasteiger partial charge in [0.1, 0.15) is 13.2 Å². The van der Waals surface area contributed by atoms with E-state index in [-0.39, 0.29) is 31.1 Å². The summed E-state index contributed by atoms with van der Waals surface area (Å²) in [5.74, 6) is -0.883. The monoisotopic (exact) mass is 1040 g/mol. The second-order valence-corrected chi connectivity index (χ2v) is 21.3. The van der Waals surface area contributed by atoms with Crippen molar-refractivity contribution < 1.29 is 28.6 Å².